The Bertz CT molecular complexity index is 728. The van der Waals surface area contributed by atoms with E-state index >= 15 is 0 Å². The number of nitrogens with one attached hydrogen (secondary N) is 1. The number of ether oxygens (including phenoxy) is 1. The number of halogens is 1. The second-order valence-corrected chi connectivity index (χ2v) is 4.15. The summed E-state index contributed by atoms with van der Waals surface area (Å²) in [7, 11) is 0. The molecular formula is C14H11FN4O. The maximum atomic E-state index is 13.4. The highest BCUT2D eigenvalue weighted by Crippen LogP contribution is 2.26. The molecule has 5 nitrogen and oxygen atoms in total. The summed E-state index contributed by atoms with van der Waals surface area (Å²) >= 11 is 0. The van der Waals surface area contributed by atoms with E-state index in [4.69, 9.17) is 10.5 Å². The monoisotopic (exact) mass is 270 g/mol. The first-order chi connectivity index (χ1) is 9.72. The molecule has 3 rings (SSSR count). The first-order valence-electron chi connectivity index (χ1n) is 5.90. The van der Waals surface area contributed by atoms with Crippen LogP contribution in [0.2, 0.25) is 0 Å². The third kappa shape index (κ3) is 2.44. The van der Waals surface area contributed by atoms with Crippen molar-refractivity contribution in [3.8, 4) is 22.8 Å². The van der Waals surface area contributed by atoms with Crippen LogP contribution < -0.4 is 10.5 Å². The van der Waals surface area contributed by atoms with Crippen LogP contribution in [0, 0.1) is 5.82 Å². The molecule has 20 heavy (non-hydrogen) atoms. The molecule has 0 aliphatic heterocycles. The summed E-state index contributed by atoms with van der Waals surface area (Å²) in [5.41, 5.74) is 7.07. The maximum absolute atomic E-state index is 13.4. The van der Waals surface area contributed by atoms with Gasteiger partial charge in [-0.1, -0.05) is 0 Å². The molecule has 0 aliphatic carbocycles. The number of hydrogen-bond acceptors (Lipinski definition) is 4. The van der Waals surface area contributed by atoms with Gasteiger partial charge in [-0.3, -0.25) is 10.1 Å². The van der Waals surface area contributed by atoms with Gasteiger partial charge in [0.1, 0.15) is 17.3 Å². The lowest BCUT2D eigenvalue weighted by Crippen LogP contribution is -1.92. The molecule has 2 heterocycles. The van der Waals surface area contributed by atoms with Gasteiger partial charge in [-0.05, 0) is 18.2 Å². The first-order valence-corrected chi connectivity index (χ1v) is 5.90. The summed E-state index contributed by atoms with van der Waals surface area (Å²) in [5.74, 6) is 0.424. The smallest absolute Gasteiger partial charge is 0.149 e. The highest BCUT2D eigenvalue weighted by molar-refractivity contribution is 5.58. The van der Waals surface area contributed by atoms with Gasteiger partial charge in [0.2, 0.25) is 0 Å². The fourth-order valence-electron chi connectivity index (χ4n) is 1.73. The molecule has 100 valence electrons. The van der Waals surface area contributed by atoms with Crippen LogP contribution in [0.15, 0.2) is 48.9 Å². The van der Waals surface area contributed by atoms with Gasteiger partial charge in [-0.25, -0.2) is 4.39 Å². The average molecular weight is 270 g/mol. The van der Waals surface area contributed by atoms with Gasteiger partial charge in [0.05, 0.1) is 17.6 Å². The van der Waals surface area contributed by atoms with Crippen LogP contribution in [0.1, 0.15) is 0 Å². The van der Waals surface area contributed by atoms with Gasteiger partial charge >= 0.3 is 0 Å². The molecule has 6 heteroatoms. The number of pyridine rings is 1. The molecule has 0 saturated carbocycles. The number of rotatable bonds is 3. The van der Waals surface area contributed by atoms with E-state index in [9.17, 15) is 4.39 Å². The van der Waals surface area contributed by atoms with Crippen LogP contribution in [-0.2, 0) is 0 Å². The number of hydrogen-bond donors (Lipinski definition) is 2. The van der Waals surface area contributed by atoms with Crippen molar-refractivity contribution in [1.29, 1.82) is 0 Å². The van der Waals surface area contributed by atoms with Gasteiger partial charge < -0.3 is 10.5 Å². The molecule has 2 aromatic heterocycles. The number of H-pyrrole nitrogens is 1. The largest absolute Gasteiger partial charge is 0.457 e. The van der Waals surface area contributed by atoms with Crippen molar-refractivity contribution >= 4 is 5.69 Å². The topological polar surface area (TPSA) is 76.8 Å². The predicted octanol–water partition coefficient (Wildman–Crippen LogP) is 2.99. The molecule has 3 aromatic rings. The third-order valence-electron chi connectivity index (χ3n) is 2.73. The summed E-state index contributed by atoms with van der Waals surface area (Å²) in [4.78, 5) is 4.22. The van der Waals surface area contributed by atoms with E-state index in [2.05, 4.69) is 15.2 Å². The minimum absolute atomic E-state index is 0.0890. The van der Waals surface area contributed by atoms with Crippen molar-refractivity contribution in [2.45, 2.75) is 0 Å². The van der Waals surface area contributed by atoms with E-state index in [1.165, 1.54) is 12.1 Å². The maximum Gasteiger partial charge on any atom is 0.149 e. The van der Waals surface area contributed by atoms with Crippen LogP contribution in [0.4, 0.5) is 10.1 Å². The van der Waals surface area contributed by atoms with E-state index in [1.54, 1.807) is 36.8 Å². The van der Waals surface area contributed by atoms with E-state index < -0.39 is 5.82 Å². The quantitative estimate of drug-likeness (QED) is 0.717. The average Bonchev–Trinajstić information content (AvgIpc) is 2.97. The van der Waals surface area contributed by atoms with E-state index in [0.717, 1.165) is 5.56 Å². The lowest BCUT2D eigenvalue weighted by molar-refractivity contribution is 0.477. The first kappa shape index (κ1) is 12.2. The molecule has 0 spiro atoms. The van der Waals surface area contributed by atoms with Gasteiger partial charge in [0.25, 0.3) is 0 Å². The molecule has 0 bridgehead atoms. The SMILES string of the molecule is Nc1ccc(Oc2ccnc(-c3cn[nH]c3)c2)cc1F. The summed E-state index contributed by atoms with van der Waals surface area (Å²) in [5, 5.41) is 6.58. The number of nitrogens with two attached hydrogens (primary N) is 1. The fourth-order valence-corrected chi connectivity index (χ4v) is 1.73. The van der Waals surface area contributed by atoms with Crippen LogP contribution in [0.3, 0.4) is 0 Å². The van der Waals surface area contributed by atoms with Gasteiger partial charge in [0, 0.05) is 30.1 Å². The summed E-state index contributed by atoms with van der Waals surface area (Å²) in [6.45, 7) is 0. The zero-order valence-electron chi connectivity index (χ0n) is 10.4. The Balaban J connectivity index is 1.87. The van der Waals surface area contributed by atoms with E-state index in [-0.39, 0.29) is 5.69 Å². The van der Waals surface area contributed by atoms with Crippen molar-refractivity contribution in [2.24, 2.45) is 0 Å². The minimum atomic E-state index is -0.508. The Morgan fingerprint density at radius 2 is 2.00 bits per heavy atom. The lowest BCUT2D eigenvalue weighted by Gasteiger charge is -2.07. The Hall–Kier alpha value is -2.89. The zero-order chi connectivity index (χ0) is 13.9. The minimum Gasteiger partial charge on any atom is -0.457 e. The van der Waals surface area contributed by atoms with Gasteiger partial charge in [-0.15, -0.1) is 0 Å². The molecule has 0 unspecified atom stereocenters. The van der Waals surface area contributed by atoms with Crippen molar-refractivity contribution in [3.63, 3.8) is 0 Å². The predicted molar refractivity (Wildman–Crippen MR) is 72.7 cm³/mol. The number of benzene rings is 1. The molecular weight excluding hydrogens is 259 g/mol. The Morgan fingerprint density at radius 3 is 2.75 bits per heavy atom. The molecule has 0 aliphatic rings. The number of aromatic nitrogens is 3. The molecule has 1 aromatic carbocycles. The van der Waals surface area contributed by atoms with Crippen molar-refractivity contribution < 1.29 is 9.13 Å². The number of aromatic amines is 1. The molecule has 0 fully saturated rings. The number of nitrogens with zero attached hydrogens (tertiary/aromatic N) is 2. The van der Waals surface area contributed by atoms with Crippen LogP contribution in [0.25, 0.3) is 11.3 Å². The Morgan fingerprint density at radius 1 is 1.15 bits per heavy atom. The van der Waals surface area contributed by atoms with Crippen molar-refractivity contribution in [1.82, 2.24) is 15.2 Å². The Labute approximate surface area is 114 Å². The molecule has 0 amide bonds. The second kappa shape index (κ2) is 5.00. The van der Waals surface area contributed by atoms with Crippen LogP contribution >= 0.6 is 0 Å². The van der Waals surface area contributed by atoms with Crippen molar-refractivity contribution in [3.05, 3.63) is 54.7 Å². The highest BCUT2D eigenvalue weighted by Gasteiger charge is 2.05. The summed E-state index contributed by atoms with van der Waals surface area (Å²) in [6.07, 6.45) is 5.01. The molecule has 3 N–H and O–H groups in total. The highest BCUT2D eigenvalue weighted by atomic mass is 19.1. The third-order valence-corrected chi connectivity index (χ3v) is 2.73. The van der Waals surface area contributed by atoms with Crippen LogP contribution in [-0.4, -0.2) is 15.2 Å². The van der Waals surface area contributed by atoms with E-state index in [1.807, 2.05) is 0 Å². The zero-order valence-corrected chi connectivity index (χ0v) is 10.4. The summed E-state index contributed by atoms with van der Waals surface area (Å²) in [6, 6.07) is 7.75. The number of nitrogen functional groups attached to an aromatic ring is 1. The molecule has 0 atom stereocenters. The lowest BCUT2D eigenvalue weighted by atomic mass is 10.2. The number of anilines is 1. The summed E-state index contributed by atoms with van der Waals surface area (Å²) < 4.78 is 18.9. The standard InChI is InChI=1S/C14H11FN4O/c15-12-5-10(1-2-13(12)16)20-11-3-4-17-14(6-11)9-7-18-19-8-9/h1-8H,16H2,(H,18,19). The fraction of sp³-hybridized carbons (Fsp3) is 0. The molecule has 0 saturated heterocycles. The molecule has 0 radical (unpaired) electrons. The Kier molecular flexibility index (Phi) is 3.04. The van der Waals surface area contributed by atoms with E-state index in [0.29, 0.717) is 17.2 Å². The van der Waals surface area contributed by atoms with Crippen LogP contribution in [0.5, 0.6) is 11.5 Å². The van der Waals surface area contributed by atoms with Gasteiger partial charge in [-0.2, -0.15) is 5.10 Å². The van der Waals surface area contributed by atoms with Crippen molar-refractivity contribution in [2.75, 3.05) is 5.73 Å². The normalized spacial score (nSPS) is 10.4. The van der Waals surface area contributed by atoms with Gasteiger partial charge in [0.15, 0.2) is 0 Å². The second-order valence-electron chi connectivity index (χ2n) is 4.15.